The molecule has 164 valence electrons. The lowest BCUT2D eigenvalue weighted by Gasteiger charge is -2.30. The van der Waals surface area contributed by atoms with E-state index in [1.807, 2.05) is 32.0 Å². The Bertz CT molecular complexity index is 1000. The van der Waals surface area contributed by atoms with Crippen molar-refractivity contribution in [1.29, 1.82) is 0 Å². The van der Waals surface area contributed by atoms with E-state index in [2.05, 4.69) is 26.6 Å². The molecular weight excluding hydrogens is 464 g/mol. The Kier molecular flexibility index (Phi) is 7.22. The Labute approximate surface area is 189 Å². The molecule has 31 heavy (non-hydrogen) atoms. The van der Waals surface area contributed by atoms with Crippen LogP contribution < -0.4 is 20.1 Å². The van der Waals surface area contributed by atoms with Crippen molar-refractivity contribution >= 4 is 33.6 Å². The summed E-state index contributed by atoms with van der Waals surface area (Å²) >= 11 is 3.52. The van der Waals surface area contributed by atoms with Crippen molar-refractivity contribution < 1.29 is 23.8 Å². The second-order valence-corrected chi connectivity index (χ2v) is 7.98. The highest BCUT2D eigenvalue weighted by atomic mass is 79.9. The number of hydrogen-bond donors (Lipinski definition) is 2. The number of benzene rings is 2. The van der Waals surface area contributed by atoms with E-state index in [0.717, 1.165) is 4.47 Å². The van der Waals surface area contributed by atoms with Crippen LogP contribution in [-0.4, -0.2) is 31.8 Å². The summed E-state index contributed by atoms with van der Waals surface area (Å²) in [6, 6.07) is 11.5. The van der Waals surface area contributed by atoms with Crippen LogP contribution in [0.3, 0.4) is 0 Å². The predicted molar refractivity (Wildman–Crippen MR) is 121 cm³/mol. The number of nitrogens with one attached hydrogen (secondary N) is 2. The lowest BCUT2D eigenvalue weighted by Crippen LogP contribution is -2.45. The fraction of sp³-hybridized carbons (Fsp3) is 0.304. The molecule has 1 heterocycles. The minimum Gasteiger partial charge on any atom is -0.497 e. The summed E-state index contributed by atoms with van der Waals surface area (Å²) in [6.07, 6.45) is 0.0115. The number of carbonyl (C=O) groups is 2. The van der Waals surface area contributed by atoms with E-state index in [9.17, 15) is 9.59 Å². The molecule has 0 saturated carbocycles. The minimum absolute atomic E-state index is 0.0115. The first-order valence-corrected chi connectivity index (χ1v) is 10.7. The highest BCUT2D eigenvalue weighted by Crippen LogP contribution is 2.36. The third kappa shape index (κ3) is 5.19. The molecule has 7 nitrogen and oxygen atoms in total. The second-order valence-electron chi connectivity index (χ2n) is 7.13. The summed E-state index contributed by atoms with van der Waals surface area (Å²) in [5, 5.41) is 5.60. The number of ether oxygens (including phenoxy) is 3. The quantitative estimate of drug-likeness (QED) is 0.557. The van der Waals surface area contributed by atoms with Crippen LogP contribution in [0.4, 0.5) is 4.79 Å². The number of halogens is 1. The van der Waals surface area contributed by atoms with Crippen LogP contribution in [0, 0.1) is 0 Å². The minimum atomic E-state index is -0.700. The van der Waals surface area contributed by atoms with Gasteiger partial charge in [0.1, 0.15) is 11.5 Å². The van der Waals surface area contributed by atoms with Crippen LogP contribution in [0.2, 0.25) is 0 Å². The zero-order chi connectivity index (χ0) is 22.5. The zero-order valence-corrected chi connectivity index (χ0v) is 19.4. The van der Waals surface area contributed by atoms with Gasteiger partial charge in [-0.05, 0) is 84.2 Å². The van der Waals surface area contributed by atoms with Gasteiger partial charge < -0.3 is 24.8 Å². The topological polar surface area (TPSA) is 85.9 Å². The Morgan fingerprint density at radius 3 is 2.45 bits per heavy atom. The first-order valence-electron chi connectivity index (χ1n) is 9.93. The van der Waals surface area contributed by atoms with Gasteiger partial charge in [0.05, 0.1) is 41.6 Å². The van der Waals surface area contributed by atoms with Crippen molar-refractivity contribution in [2.45, 2.75) is 32.9 Å². The summed E-state index contributed by atoms with van der Waals surface area (Å²) < 4.78 is 17.0. The van der Waals surface area contributed by atoms with E-state index in [1.54, 1.807) is 38.3 Å². The number of methoxy groups -OCH3 is 1. The standard InChI is InChI=1S/C23H25BrN2O5/c1-5-30-22(27)19-20(14-6-9-16(29-4)10-7-14)25-23(28)26-21(19)15-8-11-18(17(24)12-15)31-13(2)3/h6-13,21H,5H2,1-4H3,(H2,25,26,28). The second kappa shape index (κ2) is 9.87. The molecule has 0 saturated heterocycles. The fourth-order valence-corrected chi connectivity index (χ4v) is 3.76. The maximum absolute atomic E-state index is 13.0. The molecule has 3 rings (SSSR count). The van der Waals surface area contributed by atoms with Crippen molar-refractivity contribution in [3.8, 4) is 11.5 Å². The van der Waals surface area contributed by atoms with Gasteiger partial charge >= 0.3 is 12.0 Å². The van der Waals surface area contributed by atoms with Crippen molar-refractivity contribution in [3.05, 3.63) is 63.6 Å². The highest BCUT2D eigenvalue weighted by molar-refractivity contribution is 9.10. The van der Waals surface area contributed by atoms with E-state index >= 15 is 0 Å². The van der Waals surface area contributed by atoms with Gasteiger partial charge in [0.15, 0.2) is 0 Å². The van der Waals surface area contributed by atoms with Gasteiger partial charge in [0.25, 0.3) is 0 Å². The van der Waals surface area contributed by atoms with E-state index in [-0.39, 0.29) is 12.7 Å². The molecule has 2 aromatic rings. The van der Waals surface area contributed by atoms with E-state index in [1.165, 1.54) is 0 Å². The Balaban J connectivity index is 2.11. The third-order valence-corrected chi connectivity index (χ3v) is 5.22. The summed E-state index contributed by atoms with van der Waals surface area (Å²) in [5.74, 6) is 0.837. The molecule has 2 aromatic carbocycles. The number of rotatable bonds is 7. The van der Waals surface area contributed by atoms with Gasteiger partial charge in [0.2, 0.25) is 0 Å². The molecule has 1 atom stereocenters. The lowest BCUT2D eigenvalue weighted by atomic mass is 9.92. The fourth-order valence-electron chi connectivity index (χ4n) is 3.27. The largest absolute Gasteiger partial charge is 0.497 e. The van der Waals surface area contributed by atoms with Crippen LogP contribution in [0.5, 0.6) is 11.5 Å². The van der Waals surface area contributed by atoms with Crippen LogP contribution in [0.25, 0.3) is 5.70 Å². The van der Waals surface area contributed by atoms with Gasteiger partial charge in [-0.3, -0.25) is 0 Å². The molecular formula is C23H25BrN2O5. The van der Waals surface area contributed by atoms with Crippen LogP contribution in [0.1, 0.15) is 37.9 Å². The smallest absolute Gasteiger partial charge is 0.338 e. The average Bonchev–Trinajstić information content (AvgIpc) is 2.74. The van der Waals surface area contributed by atoms with Crippen LogP contribution >= 0.6 is 15.9 Å². The van der Waals surface area contributed by atoms with Gasteiger partial charge in [-0.1, -0.05) is 6.07 Å². The van der Waals surface area contributed by atoms with Gasteiger partial charge in [-0.25, -0.2) is 9.59 Å². The maximum atomic E-state index is 13.0. The summed E-state index contributed by atoms with van der Waals surface area (Å²) in [5.41, 5.74) is 2.10. The Hall–Kier alpha value is -3.00. The predicted octanol–water partition coefficient (Wildman–Crippen LogP) is 4.57. The molecule has 1 unspecified atom stereocenters. The van der Waals surface area contributed by atoms with Gasteiger partial charge in [0, 0.05) is 0 Å². The summed E-state index contributed by atoms with van der Waals surface area (Å²) in [7, 11) is 1.57. The maximum Gasteiger partial charge on any atom is 0.338 e. The van der Waals surface area contributed by atoms with Crippen LogP contribution in [0.15, 0.2) is 52.5 Å². The molecule has 0 aromatic heterocycles. The number of carbonyl (C=O) groups excluding carboxylic acids is 2. The van der Waals surface area contributed by atoms with E-state index in [0.29, 0.717) is 33.9 Å². The van der Waals surface area contributed by atoms with E-state index in [4.69, 9.17) is 14.2 Å². The molecule has 2 amide bonds. The summed E-state index contributed by atoms with van der Waals surface area (Å²) in [6.45, 7) is 5.83. The van der Waals surface area contributed by atoms with Gasteiger partial charge in [-0.2, -0.15) is 0 Å². The lowest BCUT2D eigenvalue weighted by molar-refractivity contribution is -0.138. The Morgan fingerprint density at radius 1 is 1.16 bits per heavy atom. The number of amides is 2. The molecule has 8 heteroatoms. The molecule has 2 N–H and O–H groups in total. The highest BCUT2D eigenvalue weighted by Gasteiger charge is 2.34. The van der Waals surface area contributed by atoms with Crippen LogP contribution in [-0.2, 0) is 9.53 Å². The molecule has 1 aliphatic heterocycles. The molecule has 0 aliphatic carbocycles. The Morgan fingerprint density at radius 2 is 1.87 bits per heavy atom. The van der Waals surface area contributed by atoms with Gasteiger partial charge in [-0.15, -0.1) is 0 Å². The SMILES string of the molecule is CCOC(=O)C1=C(c2ccc(OC)cc2)NC(=O)NC1c1ccc(OC(C)C)c(Br)c1. The number of hydrogen-bond acceptors (Lipinski definition) is 5. The van der Waals surface area contributed by atoms with Crippen molar-refractivity contribution in [1.82, 2.24) is 10.6 Å². The summed E-state index contributed by atoms with van der Waals surface area (Å²) in [4.78, 5) is 25.5. The molecule has 1 aliphatic rings. The first-order chi connectivity index (χ1) is 14.8. The molecule has 0 fully saturated rings. The normalized spacial score (nSPS) is 15.9. The monoisotopic (exact) mass is 488 g/mol. The van der Waals surface area contributed by atoms with Crippen molar-refractivity contribution in [3.63, 3.8) is 0 Å². The van der Waals surface area contributed by atoms with Crippen molar-refractivity contribution in [2.24, 2.45) is 0 Å². The van der Waals surface area contributed by atoms with E-state index < -0.39 is 18.0 Å². The average molecular weight is 489 g/mol. The number of esters is 1. The molecule has 0 radical (unpaired) electrons. The first kappa shape index (κ1) is 22.7. The molecule has 0 bridgehead atoms. The molecule has 0 spiro atoms. The number of urea groups is 1. The zero-order valence-electron chi connectivity index (χ0n) is 17.8. The third-order valence-electron chi connectivity index (χ3n) is 4.60. The van der Waals surface area contributed by atoms with Crippen molar-refractivity contribution in [2.75, 3.05) is 13.7 Å².